The fourth-order valence-electron chi connectivity index (χ4n) is 2.28. The van der Waals surface area contributed by atoms with Crippen molar-refractivity contribution in [2.45, 2.75) is 26.9 Å². The second-order valence-corrected chi connectivity index (χ2v) is 5.30. The molecule has 110 valence electrons. The quantitative estimate of drug-likeness (QED) is 0.802. The molecule has 1 saturated heterocycles. The number of amides is 1. The predicted molar refractivity (Wildman–Crippen MR) is 75.9 cm³/mol. The summed E-state index contributed by atoms with van der Waals surface area (Å²) in [5, 5.41) is 0. The molecule has 0 radical (unpaired) electrons. The van der Waals surface area contributed by atoms with Crippen LogP contribution in [0.15, 0.2) is 6.07 Å². The van der Waals surface area contributed by atoms with Gasteiger partial charge in [-0.15, -0.1) is 0 Å². The fraction of sp³-hybridized carbons (Fsp3) is 0.615. The minimum atomic E-state index is -0.514. The largest absolute Gasteiger partial charge is 0.384 e. The topological polar surface area (TPSA) is 107 Å². The Labute approximate surface area is 118 Å². The first-order valence-electron chi connectivity index (χ1n) is 6.70. The van der Waals surface area contributed by atoms with Crippen molar-refractivity contribution in [1.29, 1.82) is 0 Å². The first-order chi connectivity index (χ1) is 9.44. The van der Waals surface area contributed by atoms with Crippen LogP contribution in [-0.2, 0) is 16.1 Å². The zero-order chi connectivity index (χ0) is 14.8. The standard InChI is InChI=1S/C13H21N5O2/c1-3-20-7-10-16-9(14)6-11(17-10)18-5-4-13(2,8-18)12(15)19/h6H,3-5,7-8H2,1-2H3,(H2,15,19)(H2,14,16,17). The van der Waals surface area contributed by atoms with Gasteiger partial charge >= 0.3 is 0 Å². The molecule has 1 aliphatic rings. The Balaban J connectivity index is 2.17. The van der Waals surface area contributed by atoms with Gasteiger partial charge < -0.3 is 21.1 Å². The number of carbonyl (C=O) groups is 1. The number of hydrogen-bond donors (Lipinski definition) is 2. The van der Waals surface area contributed by atoms with E-state index in [9.17, 15) is 4.79 Å². The fourth-order valence-corrected chi connectivity index (χ4v) is 2.28. The number of ether oxygens (including phenoxy) is 1. The van der Waals surface area contributed by atoms with Crippen LogP contribution in [0.2, 0.25) is 0 Å². The van der Waals surface area contributed by atoms with Crippen LogP contribution in [0.4, 0.5) is 11.6 Å². The van der Waals surface area contributed by atoms with E-state index >= 15 is 0 Å². The number of primary amides is 1. The Hall–Kier alpha value is -1.89. The molecule has 0 saturated carbocycles. The van der Waals surface area contributed by atoms with Gasteiger partial charge in [0.05, 0.1) is 5.41 Å². The monoisotopic (exact) mass is 279 g/mol. The molecule has 0 aromatic carbocycles. The molecular formula is C13H21N5O2. The summed E-state index contributed by atoms with van der Waals surface area (Å²) in [5.41, 5.74) is 10.7. The number of rotatable bonds is 5. The van der Waals surface area contributed by atoms with Crippen LogP contribution >= 0.6 is 0 Å². The second-order valence-electron chi connectivity index (χ2n) is 5.30. The first-order valence-corrected chi connectivity index (χ1v) is 6.70. The lowest BCUT2D eigenvalue weighted by molar-refractivity contribution is -0.125. The average Bonchev–Trinajstić information content (AvgIpc) is 2.80. The smallest absolute Gasteiger partial charge is 0.225 e. The number of aromatic nitrogens is 2. The van der Waals surface area contributed by atoms with Gasteiger partial charge in [0.25, 0.3) is 0 Å². The minimum Gasteiger partial charge on any atom is -0.384 e. The number of carbonyl (C=O) groups excluding carboxylic acids is 1. The molecule has 1 unspecified atom stereocenters. The summed E-state index contributed by atoms with van der Waals surface area (Å²) in [5.74, 6) is 1.39. The van der Waals surface area contributed by atoms with E-state index in [1.54, 1.807) is 6.07 Å². The Morgan fingerprint density at radius 2 is 2.30 bits per heavy atom. The Morgan fingerprint density at radius 3 is 2.90 bits per heavy atom. The van der Waals surface area contributed by atoms with Crippen LogP contribution in [0.3, 0.4) is 0 Å². The molecule has 1 aliphatic heterocycles. The highest BCUT2D eigenvalue weighted by molar-refractivity contribution is 5.82. The average molecular weight is 279 g/mol. The van der Waals surface area contributed by atoms with Crippen LogP contribution in [0, 0.1) is 5.41 Å². The Bertz CT molecular complexity index is 508. The van der Waals surface area contributed by atoms with Gasteiger partial charge in [0.2, 0.25) is 5.91 Å². The molecule has 20 heavy (non-hydrogen) atoms. The van der Waals surface area contributed by atoms with Crippen LogP contribution in [0.1, 0.15) is 26.1 Å². The highest BCUT2D eigenvalue weighted by Gasteiger charge is 2.39. The lowest BCUT2D eigenvalue weighted by Gasteiger charge is -2.22. The normalized spacial score (nSPS) is 22.2. The molecule has 1 fully saturated rings. The van der Waals surface area contributed by atoms with Crippen molar-refractivity contribution >= 4 is 17.5 Å². The van der Waals surface area contributed by atoms with Crippen molar-refractivity contribution in [1.82, 2.24) is 9.97 Å². The van der Waals surface area contributed by atoms with Crippen LogP contribution < -0.4 is 16.4 Å². The van der Waals surface area contributed by atoms with E-state index in [-0.39, 0.29) is 5.91 Å². The first kappa shape index (κ1) is 14.5. The van der Waals surface area contributed by atoms with Gasteiger partial charge in [0, 0.05) is 25.8 Å². The summed E-state index contributed by atoms with van der Waals surface area (Å²) < 4.78 is 5.30. The molecule has 1 atom stereocenters. The molecule has 0 bridgehead atoms. The Morgan fingerprint density at radius 1 is 1.55 bits per heavy atom. The summed E-state index contributed by atoms with van der Waals surface area (Å²) in [7, 11) is 0. The zero-order valence-electron chi connectivity index (χ0n) is 11.9. The second kappa shape index (κ2) is 5.62. The van der Waals surface area contributed by atoms with E-state index in [0.29, 0.717) is 37.8 Å². The van der Waals surface area contributed by atoms with Crippen LogP contribution in [0.5, 0.6) is 0 Å². The Kier molecular flexibility index (Phi) is 4.08. The maximum absolute atomic E-state index is 11.5. The van der Waals surface area contributed by atoms with Gasteiger partial charge in [-0.2, -0.15) is 0 Å². The van der Waals surface area contributed by atoms with Crippen molar-refractivity contribution in [2.75, 3.05) is 30.3 Å². The SMILES string of the molecule is CCOCc1nc(N)cc(N2CCC(C)(C(N)=O)C2)n1. The van der Waals surface area contributed by atoms with E-state index in [4.69, 9.17) is 16.2 Å². The number of nitrogens with two attached hydrogens (primary N) is 2. The summed E-state index contributed by atoms with van der Waals surface area (Å²) in [6, 6.07) is 1.71. The predicted octanol–water partition coefficient (Wildman–Crippen LogP) is 0.297. The lowest BCUT2D eigenvalue weighted by Crippen LogP contribution is -2.37. The van der Waals surface area contributed by atoms with Crippen LogP contribution in [0.25, 0.3) is 0 Å². The number of nitrogens with zero attached hydrogens (tertiary/aromatic N) is 3. The molecule has 1 aromatic rings. The number of hydrogen-bond acceptors (Lipinski definition) is 6. The highest BCUT2D eigenvalue weighted by atomic mass is 16.5. The summed E-state index contributed by atoms with van der Waals surface area (Å²) in [4.78, 5) is 22.1. The van der Waals surface area contributed by atoms with Gasteiger partial charge in [-0.05, 0) is 20.3 Å². The van der Waals surface area contributed by atoms with Crippen molar-refractivity contribution in [3.63, 3.8) is 0 Å². The molecule has 1 amide bonds. The zero-order valence-corrected chi connectivity index (χ0v) is 11.9. The third-order valence-electron chi connectivity index (χ3n) is 3.61. The van der Waals surface area contributed by atoms with Gasteiger partial charge in [-0.25, -0.2) is 9.97 Å². The van der Waals surface area contributed by atoms with Gasteiger partial charge in [-0.1, -0.05) is 0 Å². The van der Waals surface area contributed by atoms with Gasteiger partial charge in [0.1, 0.15) is 18.2 Å². The van der Waals surface area contributed by atoms with E-state index < -0.39 is 5.41 Å². The molecule has 4 N–H and O–H groups in total. The molecular weight excluding hydrogens is 258 g/mol. The van der Waals surface area contributed by atoms with Crippen LogP contribution in [-0.4, -0.2) is 35.6 Å². The molecule has 0 spiro atoms. The number of nitrogen functional groups attached to an aromatic ring is 1. The van der Waals surface area contributed by atoms with E-state index in [1.807, 2.05) is 18.7 Å². The summed E-state index contributed by atoms with van der Waals surface area (Å²) in [6.45, 7) is 5.98. The minimum absolute atomic E-state index is 0.281. The highest BCUT2D eigenvalue weighted by Crippen LogP contribution is 2.32. The number of anilines is 2. The van der Waals surface area contributed by atoms with E-state index in [0.717, 1.165) is 12.4 Å². The molecule has 7 nitrogen and oxygen atoms in total. The molecule has 7 heteroatoms. The van der Waals surface area contributed by atoms with Gasteiger partial charge in [-0.3, -0.25) is 4.79 Å². The molecule has 0 aliphatic carbocycles. The third-order valence-corrected chi connectivity index (χ3v) is 3.61. The molecule has 1 aromatic heterocycles. The van der Waals surface area contributed by atoms with Crippen molar-refractivity contribution in [3.05, 3.63) is 11.9 Å². The maximum Gasteiger partial charge on any atom is 0.225 e. The van der Waals surface area contributed by atoms with Gasteiger partial charge in [0.15, 0.2) is 5.82 Å². The van der Waals surface area contributed by atoms with Crippen molar-refractivity contribution in [2.24, 2.45) is 11.1 Å². The van der Waals surface area contributed by atoms with Crippen molar-refractivity contribution < 1.29 is 9.53 Å². The third kappa shape index (κ3) is 2.98. The summed E-state index contributed by atoms with van der Waals surface area (Å²) in [6.07, 6.45) is 0.715. The van der Waals surface area contributed by atoms with Crippen molar-refractivity contribution in [3.8, 4) is 0 Å². The molecule has 2 heterocycles. The summed E-state index contributed by atoms with van der Waals surface area (Å²) >= 11 is 0. The molecule has 2 rings (SSSR count). The lowest BCUT2D eigenvalue weighted by atomic mass is 9.89. The van der Waals surface area contributed by atoms with E-state index in [1.165, 1.54) is 0 Å². The maximum atomic E-state index is 11.5. The van der Waals surface area contributed by atoms with E-state index in [2.05, 4.69) is 9.97 Å².